The first kappa shape index (κ1) is 12.1. The van der Waals surface area contributed by atoms with E-state index in [0.29, 0.717) is 0 Å². The first-order valence-corrected chi connectivity index (χ1v) is 6.74. The van der Waals surface area contributed by atoms with Crippen LogP contribution in [0.15, 0.2) is 24.3 Å². The highest BCUT2D eigenvalue weighted by Gasteiger charge is 2.17. The monoisotopic (exact) mass is 258 g/mol. The predicted octanol–water partition coefficient (Wildman–Crippen LogP) is 3.10. The summed E-state index contributed by atoms with van der Waals surface area (Å²) in [7, 11) is 0. The highest BCUT2D eigenvalue weighted by atomic mass is 16.4. The van der Waals surface area contributed by atoms with E-state index in [9.17, 15) is 4.79 Å². The number of hydrogen-bond donors (Lipinski definition) is 2. The van der Waals surface area contributed by atoms with Crippen molar-refractivity contribution >= 4 is 22.6 Å². The summed E-state index contributed by atoms with van der Waals surface area (Å²) >= 11 is 0. The van der Waals surface area contributed by atoms with Gasteiger partial charge in [-0.2, -0.15) is 0 Å². The van der Waals surface area contributed by atoms with E-state index in [0.717, 1.165) is 29.9 Å². The number of benzene rings is 1. The molecule has 2 N–H and O–H groups in total. The van der Waals surface area contributed by atoms with E-state index < -0.39 is 5.97 Å². The van der Waals surface area contributed by atoms with Crippen molar-refractivity contribution in [3.8, 4) is 0 Å². The Morgan fingerprint density at radius 1 is 1.42 bits per heavy atom. The summed E-state index contributed by atoms with van der Waals surface area (Å²) in [5.41, 5.74) is 2.32. The molecule has 1 unspecified atom stereocenters. The smallest absolute Gasteiger partial charge is 0.352 e. The number of nitrogens with zero attached hydrogens (tertiary/aromatic N) is 1. The Hall–Kier alpha value is -1.97. The van der Waals surface area contributed by atoms with Crippen LogP contribution in [0.4, 0.5) is 5.69 Å². The minimum absolute atomic E-state index is 0.249. The summed E-state index contributed by atoms with van der Waals surface area (Å²) in [6, 6.07) is 7.82. The van der Waals surface area contributed by atoms with E-state index in [1.165, 1.54) is 18.5 Å². The summed E-state index contributed by atoms with van der Waals surface area (Å²) in [6.45, 7) is 4.46. The van der Waals surface area contributed by atoms with Gasteiger partial charge in [0.1, 0.15) is 5.69 Å². The van der Waals surface area contributed by atoms with Gasteiger partial charge >= 0.3 is 5.97 Å². The number of carbonyl (C=O) groups is 1. The zero-order valence-corrected chi connectivity index (χ0v) is 11.0. The fraction of sp³-hybridized carbons (Fsp3) is 0.400. The molecule has 0 radical (unpaired) electrons. The summed E-state index contributed by atoms with van der Waals surface area (Å²) in [5, 5.41) is 9.96. The van der Waals surface area contributed by atoms with Crippen LogP contribution < -0.4 is 4.90 Å². The van der Waals surface area contributed by atoms with Crippen molar-refractivity contribution in [1.82, 2.24) is 4.98 Å². The van der Waals surface area contributed by atoms with E-state index >= 15 is 0 Å². The van der Waals surface area contributed by atoms with Crippen LogP contribution in [0.25, 0.3) is 10.9 Å². The zero-order valence-electron chi connectivity index (χ0n) is 11.0. The number of fused-ring (bicyclic) bond motifs is 1. The van der Waals surface area contributed by atoms with Crippen molar-refractivity contribution in [3.05, 3.63) is 30.0 Å². The lowest BCUT2D eigenvalue weighted by atomic mass is 9.99. The lowest BCUT2D eigenvalue weighted by molar-refractivity contribution is 0.0691. The topological polar surface area (TPSA) is 56.3 Å². The van der Waals surface area contributed by atoms with Crippen LogP contribution in [0, 0.1) is 5.92 Å². The number of rotatable bonds is 2. The van der Waals surface area contributed by atoms with Gasteiger partial charge in [-0.05, 0) is 43.0 Å². The highest BCUT2D eigenvalue weighted by Crippen LogP contribution is 2.26. The van der Waals surface area contributed by atoms with E-state index in [2.05, 4.69) is 28.9 Å². The van der Waals surface area contributed by atoms with Crippen LogP contribution in [0.1, 0.15) is 30.3 Å². The van der Waals surface area contributed by atoms with Crippen molar-refractivity contribution in [2.24, 2.45) is 5.92 Å². The largest absolute Gasteiger partial charge is 0.477 e. The molecule has 1 fully saturated rings. The minimum Gasteiger partial charge on any atom is -0.477 e. The predicted molar refractivity (Wildman–Crippen MR) is 75.9 cm³/mol. The Kier molecular flexibility index (Phi) is 2.93. The van der Waals surface area contributed by atoms with Gasteiger partial charge in [-0.3, -0.25) is 0 Å². The number of nitrogens with one attached hydrogen (secondary N) is 1. The van der Waals surface area contributed by atoms with Gasteiger partial charge in [-0.25, -0.2) is 4.79 Å². The number of aromatic amines is 1. The van der Waals surface area contributed by atoms with Gasteiger partial charge in [0.25, 0.3) is 0 Å². The fourth-order valence-electron chi connectivity index (χ4n) is 2.86. The molecule has 1 aliphatic heterocycles. The van der Waals surface area contributed by atoms with Crippen LogP contribution in [0.2, 0.25) is 0 Å². The summed E-state index contributed by atoms with van der Waals surface area (Å²) < 4.78 is 0. The molecule has 0 amide bonds. The Bertz CT molecular complexity index is 618. The third-order valence-corrected chi connectivity index (χ3v) is 3.86. The summed E-state index contributed by atoms with van der Waals surface area (Å²) in [4.78, 5) is 16.3. The molecule has 3 rings (SSSR count). The molecule has 1 aromatic heterocycles. The Labute approximate surface area is 112 Å². The number of piperidine rings is 1. The first-order valence-electron chi connectivity index (χ1n) is 6.74. The van der Waals surface area contributed by atoms with Gasteiger partial charge in [-0.1, -0.05) is 6.92 Å². The Morgan fingerprint density at radius 2 is 2.26 bits per heavy atom. The molecule has 2 heterocycles. The molecule has 0 bridgehead atoms. The maximum atomic E-state index is 11.0. The maximum Gasteiger partial charge on any atom is 0.352 e. The number of anilines is 1. The Balaban J connectivity index is 1.94. The molecule has 0 saturated carbocycles. The number of aromatic carboxylic acids is 1. The fourth-order valence-corrected chi connectivity index (χ4v) is 2.86. The van der Waals surface area contributed by atoms with Crippen molar-refractivity contribution in [3.63, 3.8) is 0 Å². The number of hydrogen-bond acceptors (Lipinski definition) is 2. The minimum atomic E-state index is -0.913. The third-order valence-electron chi connectivity index (χ3n) is 3.86. The van der Waals surface area contributed by atoms with Crippen LogP contribution in [-0.2, 0) is 0 Å². The highest BCUT2D eigenvalue weighted by molar-refractivity contribution is 5.94. The van der Waals surface area contributed by atoms with Crippen LogP contribution in [0.5, 0.6) is 0 Å². The molecule has 1 saturated heterocycles. The van der Waals surface area contributed by atoms with E-state index in [1.54, 1.807) is 6.07 Å². The number of aromatic nitrogens is 1. The zero-order chi connectivity index (χ0) is 13.4. The van der Waals surface area contributed by atoms with Crippen LogP contribution >= 0.6 is 0 Å². The van der Waals surface area contributed by atoms with Crippen molar-refractivity contribution in [2.75, 3.05) is 18.0 Å². The molecule has 1 aliphatic rings. The average Bonchev–Trinajstić information content (AvgIpc) is 2.81. The van der Waals surface area contributed by atoms with E-state index in [-0.39, 0.29) is 5.69 Å². The van der Waals surface area contributed by atoms with Crippen LogP contribution in [-0.4, -0.2) is 29.1 Å². The molecule has 1 aromatic carbocycles. The number of carboxylic acid groups (broad SMARTS) is 1. The number of H-pyrrole nitrogens is 1. The van der Waals surface area contributed by atoms with Gasteiger partial charge < -0.3 is 15.0 Å². The third kappa shape index (κ3) is 2.30. The second-order valence-electron chi connectivity index (χ2n) is 5.45. The molecule has 19 heavy (non-hydrogen) atoms. The molecule has 0 spiro atoms. The van der Waals surface area contributed by atoms with E-state index in [4.69, 9.17) is 5.11 Å². The van der Waals surface area contributed by atoms with Gasteiger partial charge in [0, 0.05) is 29.7 Å². The van der Waals surface area contributed by atoms with Gasteiger partial charge in [0.15, 0.2) is 0 Å². The molecule has 4 nitrogen and oxygen atoms in total. The lowest BCUT2D eigenvalue weighted by Gasteiger charge is -2.32. The normalized spacial score (nSPS) is 19.8. The maximum absolute atomic E-state index is 11.0. The molecule has 0 aliphatic carbocycles. The average molecular weight is 258 g/mol. The van der Waals surface area contributed by atoms with Crippen molar-refractivity contribution in [2.45, 2.75) is 19.8 Å². The molecular formula is C15H18N2O2. The second kappa shape index (κ2) is 4.61. The van der Waals surface area contributed by atoms with Gasteiger partial charge in [0.05, 0.1) is 0 Å². The second-order valence-corrected chi connectivity index (χ2v) is 5.45. The molecular weight excluding hydrogens is 240 g/mol. The van der Waals surface area contributed by atoms with Gasteiger partial charge in [0.2, 0.25) is 0 Å². The first-order chi connectivity index (χ1) is 9.13. The van der Waals surface area contributed by atoms with Gasteiger partial charge in [-0.15, -0.1) is 0 Å². The quantitative estimate of drug-likeness (QED) is 0.870. The SMILES string of the molecule is CC1CCCN(c2ccc3[nH]c(C(=O)O)cc3c2)C1. The molecule has 100 valence electrons. The van der Waals surface area contributed by atoms with E-state index in [1.807, 2.05) is 6.07 Å². The molecule has 2 aromatic rings. The summed E-state index contributed by atoms with van der Waals surface area (Å²) in [6.07, 6.45) is 2.53. The lowest BCUT2D eigenvalue weighted by Crippen LogP contribution is -2.34. The van der Waals surface area contributed by atoms with Crippen molar-refractivity contribution < 1.29 is 9.90 Å². The van der Waals surface area contributed by atoms with Crippen LogP contribution in [0.3, 0.4) is 0 Å². The number of carboxylic acids is 1. The summed E-state index contributed by atoms with van der Waals surface area (Å²) in [5.74, 6) is -0.186. The Morgan fingerprint density at radius 3 is 3.00 bits per heavy atom. The van der Waals surface area contributed by atoms with Crippen molar-refractivity contribution in [1.29, 1.82) is 0 Å². The molecule has 4 heteroatoms. The standard InChI is InChI=1S/C15H18N2O2/c1-10-3-2-6-17(9-10)12-4-5-13-11(7-12)8-14(16-13)15(18)19/h4-5,7-8,10,16H,2-3,6,9H2,1H3,(H,18,19). The molecule has 1 atom stereocenters.